The van der Waals surface area contributed by atoms with Crippen molar-refractivity contribution in [3.63, 3.8) is 0 Å². The normalized spacial score (nSPS) is 18.2. The Kier molecular flexibility index (Phi) is 7.18. The molecule has 0 bridgehead atoms. The van der Waals surface area contributed by atoms with E-state index in [0.717, 1.165) is 25.7 Å². The van der Waals surface area contributed by atoms with Gasteiger partial charge in [0.2, 0.25) is 0 Å². The Bertz CT molecular complexity index is 712. The summed E-state index contributed by atoms with van der Waals surface area (Å²) in [6.07, 6.45) is 6.91. The van der Waals surface area contributed by atoms with Crippen LogP contribution in [0, 0.1) is 10.1 Å². The summed E-state index contributed by atoms with van der Waals surface area (Å²) in [4.78, 5) is 29.9. The van der Waals surface area contributed by atoms with Gasteiger partial charge in [0.05, 0.1) is 24.4 Å². The number of oxime groups is 1. The van der Waals surface area contributed by atoms with Crippen molar-refractivity contribution in [1.29, 1.82) is 0 Å². The van der Waals surface area contributed by atoms with Crippen molar-refractivity contribution in [3.8, 4) is 0 Å². The predicted octanol–water partition coefficient (Wildman–Crippen LogP) is 2.23. The highest BCUT2D eigenvalue weighted by Gasteiger charge is 2.21. The van der Waals surface area contributed by atoms with Crippen molar-refractivity contribution in [2.24, 2.45) is 5.16 Å². The standard InChI is InChI=1S/C19H26N4O5/c24-19(21-16-4-2-1-3-5-16)14-28-20-13-15-6-7-17(18(12-15)23(25)26)22-8-10-27-11-9-22/h6-7,12-13,16H,1-5,8-11,14H2,(H,21,24)/b20-13-. The van der Waals surface area contributed by atoms with E-state index in [-0.39, 0.29) is 24.2 Å². The smallest absolute Gasteiger partial charge is 0.293 e. The van der Waals surface area contributed by atoms with Crippen LogP contribution in [0.2, 0.25) is 0 Å². The largest absolute Gasteiger partial charge is 0.386 e. The molecule has 9 nitrogen and oxygen atoms in total. The van der Waals surface area contributed by atoms with Crippen molar-refractivity contribution < 1.29 is 19.3 Å². The van der Waals surface area contributed by atoms with Crippen LogP contribution in [0.4, 0.5) is 11.4 Å². The van der Waals surface area contributed by atoms with Crippen LogP contribution in [-0.4, -0.2) is 56.0 Å². The number of benzene rings is 1. The minimum absolute atomic E-state index is 0.0147. The Morgan fingerprint density at radius 2 is 2.07 bits per heavy atom. The third-order valence-corrected chi connectivity index (χ3v) is 4.99. The second-order valence-electron chi connectivity index (χ2n) is 7.02. The molecule has 1 aromatic carbocycles. The predicted molar refractivity (Wildman–Crippen MR) is 105 cm³/mol. The monoisotopic (exact) mass is 390 g/mol. The number of amides is 1. The molecule has 0 unspecified atom stereocenters. The SMILES string of the molecule is O=C(CO/N=C\c1ccc(N2CCOCC2)c([N+](=O)[O-])c1)NC1CCCCC1. The maximum Gasteiger partial charge on any atom is 0.293 e. The third kappa shape index (κ3) is 5.66. The number of ether oxygens (including phenoxy) is 1. The Morgan fingerprint density at radius 1 is 1.32 bits per heavy atom. The molecule has 1 aliphatic carbocycles. The van der Waals surface area contributed by atoms with Crippen molar-refractivity contribution in [2.75, 3.05) is 37.8 Å². The number of nitrogens with one attached hydrogen (secondary N) is 1. The zero-order valence-electron chi connectivity index (χ0n) is 15.8. The van der Waals surface area contributed by atoms with Gasteiger partial charge in [0.25, 0.3) is 11.6 Å². The van der Waals surface area contributed by atoms with E-state index in [1.165, 1.54) is 18.7 Å². The first-order valence-corrected chi connectivity index (χ1v) is 9.69. The highest BCUT2D eigenvalue weighted by molar-refractivity contribution is 5.83. The Hall–Kier alpha value is -2.68. The average molecular weight is 390 g/mol. The van der Waals surface area contributed by atoms with Gasteiger partial charge in [-0.05, 0) is 18.9 Å². The lowest BCUT2D eigenvalue weighted by Gasteiger charge is -2.28. The number of hydrogen-bond donors (Lipinski definition) is 1. The van der Waals surface area contributed by atoms with Crippen LogP contribution in [-0.2, 0) is 14.4 Å². The molecule has 2 fully saturated rings. The van der Waals surface area contributed by atoms with Gasteiger partial charge in [-0.1, -0.05) is 30.5 Å². The van der Waals surface area contributed by atoms with Gasteiger partial charge in [0.1, 0.15) is 5.69 Å². The summed E-state index contributed by atoms with van der Waals surface area (Å²) in [6.45, 7) is 2.18. The highest BCUT2D eigenvalue weighted by atomic mass is 16.6. The second kappa shape index (κ2) is 10.0. The van der Waals surface area contributed by atoms with E-state index >= 15 is 0 Å². The van der Waals surface area contributed by atoms with Crippen LogP contribution in [0.3, 0.4) is 0 Å². The molecule has 0 aromatic heterocycles. The first-order valence-electron chi connectivity index (χ1n) is 9.69. The molecule has 3 rings (SSSR count). The summed E-state index contributed by atoms with van der Waals surface area (Å²) < 4.78 is 5.30. The van der Waals surface area contributed by atoms with E-state index in [4.69, 9.17) is 9.57 Å². The fourth-order valence-electron chi connectivity index (χ4n) is 3.55. The number of rotatable bonds is 7. The topological polar surface area (TPSA) is 106 Å². The lowest BCUT2D eigenvalue weighted by Crippen LogP contribution is -2.38. The van der Waals surface area contributed by atoms with E-state index < -0.39 is 4.92 Å². The quantitative estimate of drug-likeness (QED) is 0.435. The molecular weight excluding hydrogens is 364 g/mol. The highest BCUT2D eigenvalue weighted by Crippen LogP contribution is 2.29. The van der Waals surface area contributed by atoms with Gasteiger partial charge in [0, 0.05) is 30.8 Å². The fraction of sp³-hybridized carbons (Fsp3) is 0.579. The number of hydrogen-bond acceptors (Lipinski definition) is 7. The number of nitro benzene ring substituents is 1. The van der Waals surface area contributed by atoms with E-state index in [9.17, 15) is 14.9 Å². The first kappa shape index (κ1) is 20.1. The molecule has 9 heteroatoms. The summed E-state index contributed by atoms with van der Waals surface area (Å²) in [7, 11) is 0. The third-order valence-electron chi connectivity index (χ3n) is 4.99. The van der Waals surface area contributed by atoms with Crippen molar-refractivity contribution in [2.45, 2.75) is 38.1 Å². The Labute approximate surface area is 163 Å². The maximum absolute atomic E-state index is 11.9. The van der Waals surface area contributed by atoms with Crippen LogP contribution >= 0.6 is 0 Å². The molecule has 28 heavy (non-hydrogen) atoms. The van der Waals surface area contributed by atoms with Crippen LogP contribution in [0.5, 0.6) is 0 Å². The van der Waals surface area contributed by atoms with Crippen molar-refractivity contribution in [1.82, 2.24) is 5.32 Å². The van der Waals surface area contributed by atoms with Crippen molar-refractivity contribution >= 4 is 23.5 Å². The molecule has 1 amide bonds. The fourth-order valence-corrected chi connectivity index (χ4v) is 3.55. The summed E-state index contributed by atoms with van der Waals surface area (Å²) in [5.41, 5.74) is 1.12. The van der Waals surface area contributed by atoms with E-state index in [2.05, 4.69) is 10.5 Å². The molecule has 2 aliphatic rings. The van der Waals surface area contributed by atoms with Gasteiger partial charge in [0.15, 0.2) is 6.61 Å². The van der Waals surface area contributed by atoms with Crippen molar-refractivity contribution in [3.05, 3.63) is 33.9 Å². The number of nitrogens with zero attached hydrogens (tertiary/aromatic N) is 3. The molecule has 1 saturated heterocycles. The van der Waals surface area contributed by atoms with Gasteiger partial charge >= 0.3 is 0 Å². The van der Waals surface area contributed by atoms with Gasteiger partial charge < -0.3 is 19.8 Å². The van der Waals surface area contributed by atoms with Gasteiger partial charge in [-0.2, -0.15) is 0 Å². The molecular formula is C19H26N4O5. The molecule has 0 spiro atoms. The average Bonchev–Trinajstić information content (AvgIpc) is 2.72. The van der Waals surface area contributed by atoms with E-state index in [0.29, 0.717) is 37.6 Å². The first-order chi connectivity index (χ1) is 13.6. The molecule has 1 aromatic rings. The zero-order valence-corrected chi connectivity index (χ0v) is 15.8. The van der Waals surface area contributed by atoms with E-state index in [1.807, 2.05) is 4.90 Å². The summed E-state index contributed by atoms with van der Waals surface area (Å²) in [5, 5.41) is 18.2. The molecule has 0 radical (unpaired) electrons. The number of anilines is 1. The van der Waals surface area contributed by atoms with Crippen LogP contribution in [0.1, 0.15) is 37.7 Å². The minimum atomic E-state index is -0.402. The van der Waals surface area contributed by atoms with Crippen LogP contribution < -0.4 is 10.2 Å². The van der Waals surface area contributed by atoms with Gasteiger partial charge in [-0.25, -0.2) is 0 Å². The molecule has 1 heterocycles. The zero-order chi connectivity index (χ0) is 19.8. The molecule has 1 N–H and O–H groups in total. The number of nitro groups is 1. The van der Waals surface area contributed by atoms with Gasteiger partial charge in [-0.15, -0.1) is 0 Å². The molecule has 152 valence electrons. The summed E-state index contributed by atoms with van der Waals surface area (Å²) in [5.74, 6) is -0.197. The van der Waals surface area contributed by atoms with Crippen LogP contribution in [0.25, 0.3) is 0 Å². The summed E-state index contributed by atoms with van der Waals surface area (Å²) in [6, 6.07) is 5.14. The molecule has 1 aliphatic heterocycles. The Balaban J connectivity index is 1.53. The lowest BCUT2D eigenvalue weighted by atomic mass is 9.95. The number of carbonyl (C=O) groups is 1. The number of morpholine rings is 1. The molecule has 0 atom stereocenters. The van der Waals surface area contributed by atoms with E-state index in [1.54, 1.807) is 12.1 Å². The Morgan fingerprint density at radius 3 is 2.79 bits per heavy atom. The maximum atomic E-state index is 11.9. The number of carbonyl (C=O) groups excluding carboxylic acids is 1. The summed E-state index contributed by atoms with van der Waals surface area (Å²) >= 11 is 0. The molecule has 1 saturated carbocycles. The van der Waals surface area contributed by atoms with Crippen LogP contribution in [0.15, 0.2) is 23.4 Å². The lowest BCUT2D eigenvalue weighted by molar-refractivity contribution is -0.384. The minimum Gasteiger partial charge on any atom is -0.386 e. The second-order valence-corrected chi connectivity index (χ2v) is 7.02. The van der Waals surface area contributed by atoms with Gasteiger partial charge in [-0.3, -0.25) is 14.9 Å².